The minimum Gasteiger partial charge on any atom is -0.493 e. The second kappa shape index (κ2) is 8.24. The fraction of sp³-hybridized carbons (Fsp3) is 0.300. The van der Waals surface area contributed by atoms with Crippen molar-refractivity contribution >= 4 is 11.8 Å². The van der Waals surface area contributed by atoms with Crippen molar-refractivity contribution in [3.63, 3.8) is 0 Å². The Labute approximate surface area is 161 Å². The molecule has 0 fully saturated rings. The molecule has 148 valence electrons. The molecule has 1 heterocycles. The highest BCUT2D eigenvalue weighted by Crippen LogP contribution is 2.33. The van der Waals surface area contributed by atoms with E-state index in [0.29, 0.717) is 37.1 Å². The summed E-state index contributed by atoms with van der Waals surface area (Å²) in [5.41, 5.74) is 1.70. The molecule has 0 radical (unpaired) electrons. The van der Waals surface area contributed by atoms with E-state index < -0.39 is 17.5 Å². The Morgan fingerprint density at radius 3 is 2.39 bits per heavy atom. The van der Waals surface area contributed by atoms with Gasteiger partial charge in [-0.15, -0.1) is 0 Å². The predicted octanol–water partition coefficient (Wildman–Crippen LogP) is 2.30. The van der Waals surface area contributed by atoms with Gasteiger partial charge in [0.25, 0.3) is 5.91 Å². The molecule has 28 heavy (non-hydrogen) atoms. The molecule has 3 rings (SSSR count). The number of halogens is 2. The lowest BCUT2D eigenvalue weighted by molar-refractivity contribution is -0.131. The third-order valence-electron chi connectivity index (χ3n) is 4.65. The molecular formula is C20H20F2N2O4. The number of methoxy groups -OCH3 is 2. The first-order chi connectivity index (χ1) is 13.4. The van der Waals surface area contributed by atoms with Crippen LogP contribution in [-0.2, 0) is 17.8 Å². The molecule has 1 N–H and O–H groups in total. The number of amides is 2. The number of ether oxygens (including phenoxy) is 2. The molecular weight excluding hydrogens is 370 g/mol. The van der Waals surface area contributed by atoms with Gasteiger partial charge < -0.3 is 19.7 Å². The monoisotopic (exact) mass is 390 g/mol. The number of nitrogens with one attached hydrogen (secondary N) is 1. The second-order valence-corrected chi connectivity index (χ2v) is 6.35. The number of carbonyl (C=O) groups is 2. The summed E-state index contributed by atoms with van der Waals surface area (Å²) in [5.74, 6) is -1.60. The maximum absolute atomic E-state index is 13.7. The van der Waals surface area contributed by atoms with Gasteiger partial charge in [0, 0.05) is 19.2 Å². The number of benzene rings is 2. The molecule has 8 heteroatoms. The molecule has 0 aliphatic carbocycles. The van der Waals surface area contributed by atoms with Crippen molar-refractivity contribution in [3.8, 4) is 11.5 Å². The molecule has 2 amide bonds. The SMILES string of the molecule is COc1cc2c(cc1OC)CN(C(=O)CNC(=O)c1ccc(F)cc1F)CC2. The maximum atomic E-state index is 13.7. The number of hydrogen-bond acceptors (Lipinski definition) is 4. The van der Waals surface area contributed by atoms with E-state index in [2.05, 4.69) is 5.32 Å². The van der Waals surface area contributed by atoms with Crippen LogP contribution in [0.15, 0.2) is 30.3 Å². The fourth-order valence-electron chi connectivity index (χ4n) is 3.13. The lowest BCUT2D eigenvalue weighted by Gasteiger charge is -2.29. The van der Waals surface area contributed by atoms with Crippen molar-refractivity contribution in [1.82, 2.24) is 10.2 Å². The predicted molar refractivity (Wildman–Crippen MR) is 97.4 cm³/mol. The van der Waals surface area contributed by atoms with Gasteiger partial charge in [-0.25, -0.2) is 8.78 Å². The Kier molecular flexibility index (Phi) is 5.77. The first kappa shape index (κ1) is 19.6. The van der Waals surface area contributed by atoms with Crippen molar-refractivity contribution in [2.75, 3.05) is 27.3 Å². The summed E-state index contributed by atoms with van der Waals surface area (Å²) in [6, 6.07) is 6.39. The number of fused-ring (bicyclic) bond motifs is 1. The fourth-order valence-corrected chi connectivity index (χ4v) is 3.13. The van der Waals surface area contributed by atoms with E-state index in [-0.39, 0.29) is 18.0 Å². The Hall–Kier alpha value is -3.16. The van der Waals surface area contributed by atoms with E-state index >= 15 is 0 Å². The van der Waals surface area contributed by atoms with E-state index in [0.717, 1.165) is 23.3 Å². The second-order valence-electron chi connectivity index (χ2n) is 6.35. The van der Waals surface area contributed by atoms with Crippen LogP contribution in [-0.4, -0.2) is 44.0 Å². The van der Waals surface area contributed by atoms with Gasteiger partial charge >= 0.3 is 0 Å². The molecule has 0 bridgehead atoms. The summed E-state index contributed by atoms with van der Waals surface area (Å²) in [4.78, 5) is 26.1. The van der Waals surface area contributed by atoms with Crippen LogP contribution in [0.5, 0.6) is 11.5 Å². The normalized spacial score (nSPS) is 12.9. The lowest BCUT2D eigenvalue weighted by atomic mass is 9.98. The number of hydrogen-bond donors (Lipinski definition) is 1. The summed E-state index contributed by atoms with van der Waals surface area (Å²) >= 11 is 0. The zero-order valence-electron chi connectivity index (χ0n) is 15.6. The molecule has 2 aromatic rings. The highest BCUT2D eigenvalue weighted by molar-refractivity contribution is 5.96. The van der Waals surface area contributed by atoms with Crippen molar-refractivity contribution < 1.29 is 27.8 Å². The summed E-state index contributed by atoms with van der Waals surface area (Å²) in [7, 11) is 3.11. The number of rotatable bonds is 5. The molecule has 1 aliphatic rings. The summed E-state index contributed by atoms with van der Waals surface area (Å²) in [6.07, 6.45) is 0.641. The molecule has 0 aromatic heterocycles. The number of carbonyl (C=O) groups excluding carboxylic acids is 2. The van der Waals surface area contributed by atoms with Crippen molar-refractivity contribution in [1.29, 1.82) is 0 Å². The molecule has 0 spiro atoms. The quantitative estimate of drug-likeness (QED) is 0.851. The van der Waals surface area contributed by atoms with Crippen LogP contribution in [0.1, 0.15) is 21.5 Å². The Morgan fingerprint density at radius 2 is 1.75 bits per heavy atom. The van der Waals surface area contributed by atoms with E-state index in [4.69, 9.17) is 9.47 Å². The standard InChI is InChI=1S/C20H20F2N2O4/c1-27-17-7-12-5-6-24(11-13(12)8-18(17)28-2)19(25)10-23-20(26)15-4-3-14(21)9-16(15)22/h3-4,7-9H,5-6,10-11H2,1-2H3,(H,23,26). The largest absolute Gasteiger partial charge is 0.493 e. The van der Waals surface area contributed by atoms with E-state index in [9.17, 15) is 18.4 Å². The smallest absolute Gasteiger partial charge is 0.254 e. The average molecular weight is 390 g/mol. The zero-order valence-corrected chi connectivity index (χ0v) is 15.6. The van der Waals surface area contributed by atoms with Crippen LogP contribution in [0.2, 0.25) is 0 Å². The van der Waals surface area contributed by atoms with Crippen LogP contribution in [0.3, 0.4) is 0 Å². The van der Waals surface area contributed by atoms with Gasteiger partial charge in [-0.3, -0.25) is 9.59 Å². The van der Waals surface area contributed by atoms with Gasteiger partial charge in [-0.05, 0) is 41.8 Å². The molecule has 0 atom stereocenters. The van der Waals surface area contributed by atoms with Crippen molar-refractivity contribution in [2.24, 2.45) is 0 Å². The van der Waals surface area contributed by atoms with Gasteiger partial charge in [0.15, 0.2) is 11.5 Å². The van der Waals surface area contributed by atoms with Gasteiger partial charge in [0.05, 0.1) is 26.3 Å². The lowest BCUT2D eigenvalue weighted by Crippen LogP contribution is -2.42. The third-order valence-corrected chi connectivity index (χ3v) is 4.65. The maximum Gasteiger partial charge on any atom is 0.254 e. The van der Waals surface area contributed by atoms with Crippen LogP contribution < -0.4 is 14.8 Å². The van der Waals surface area contributed by atoms with Gasteiger partial charge in [-0.1, -0.05) is 0 Å². The number of nitrogens with zero attached hydrogens (tertiary/aromatic N) is 1. The first-order valence-corrected chi connectivity index (χ1v) is 8.67. The summed E-state index contributed by atoms with van der Waals surface area (Å²) < 4.78 is 37.2. The summed E-state index contributed by atoms with van der Waals surface area (Å²) in [5, 5.41) is 2.38. The topological polar surface area (TPSA) is 67.9 Å². The zero-order chi connectivity index (χ0) is 20.3. The molecule has 6 nitrogen and oxygen atoms in total. The molecule has 2 aromatic carbocycles. The van der Waals surface area contributed by atoms with Gasteiger partial charge in [0.1, 0.15) is 11.6 Å². The molecule has 0 unspecified atom stereocenters. The van der Waals surface area contributed by atoms with Gasteiger partial charge in [0.2, 0.25) is 5.91 Å². The summed E-state index contributed by atoms with van der Waals surface area (Å²) in [6.45, 7) is 0.579. The van der Waals surface area contributed by atoms with Crippen LogP contribution in [0.4, 0.5) is 8.78 Å². The van der Waals surface area contributed by atoms with Crippen LogP contribution >= 0.6 is 0 Å². The van der Waals surface area contributed by atoms with E-state index in [1.54, 1.807) is 19.1 Å². The molecule has 0 saturated carbocycles. The van der Waals surface area contributed by atoms with Crippen LogP contribution in [0, 0.1) is 11.6 Å². The molecule has 0 saturated heterocycles. The Morgan fingerprint density at radius 1 is 1.07 bits per heavy atom. The Bertz CT molecular complexity index is 917. The van der Waals surface area contributed by atoms with E-state index in [1.165, 1.54) is 0 Å². The average Bonchev–Trinajstić information content (AvgIpc) is 2.70. The third kappa shape index (κ3) is 4.05. The minimum absolute atomic E-state index is 0.279. The van der Waals surface area contributed by atoms with Crippen molar-refractivity contribution in [3.05, 3.63) is 58.7 Å². The Balaban J connectivity index is 1.64. The molecule has 1 aliphatic heterocycles. The highest BCUT2D eigenvalue weighted by Gasteiger charge is 2.23. The highest BCUT2D eigenvalue weighted by atomic mass is 19.1. The van der Waals surface area contributed by atoms with Crippen LogP contribution in [0.25, 0.3) is 0 Å². The van der Waals surface area contributed by atoms with Gasteiger partial charge in [-0.2, -0.15) is 0 Å². The minimum atomic E-state index is -0.974. The van der Waals surface area contributed by atoms with E-state index in [1.807, 2.05) is 12.1 Å². The van der Waals surface area contributed by atoms with Crippen molar-refractivity contribution in [2.45, 2.75) is 13.0 Å². The first-order valence-electron chi connectivity index (χ1n) is 8.67.